The first kappa shape index (κ1) is 13.5. The molecule has 1 N–H and O–H groups in total. The summed E-state index contributed by atoms with van der Waals surface area (Å²) in [6.07, 6.45) is 4.21. The van der Waals surface area contributed by atoms with Gasteiger partial charge in [-0.1, -0.05) is 12.8 Å². The molecule has 94 valence electrons. The Morgan fingerprint density at radius 1 is 1.44 bits per heavy atom. The van der Waals surface area contributed by atoms with E-state index in [-0.39, 0.29) is 11.9 Å². The third-order valence-electron chi connectivity index (χ3n) is 3.20. The predicted octanol–water partition coefficient (Wildman–Crippen LogP) is 2.66. The van der Waals surface area contributed by atoms with E-state index in [1.54, 1.807) is 0 Å². The average molecular weight is 228 g/mol. The van der Waals surface area contributed by atoms with Gasteiger partial charge in [0.25, 0.3) is 0 Å². The Kier molecular flexibility index (Phi) is 4.00. The van der Waals surface area contributed by atoms with Crippen LogP contribution in [0.1, 0.15) is 59.8 Å². The van der Waals surface area contributed by atoms with Gasteiger partial charge < -0.3 is 9.84 Å². The number of hydrogen-bond donors (Lipinski definition) is 1. The van der Waals surface area contributed by atoms with E-state index in [2.05, 4.69) is 0 Å². The first-order valence-corrected chi connectivity index (χ1v) is 6.15. The molecule has 0 spiro atoms. The zero-order valence-electron chi connectivity index (χ0n) is 10.9. The summed E-state index contributed by atoms with van der Waals surface area (Å²) in [5.74, 6) is -0.143. The molecular formula is C13H24O3. The number of esters is 1. The van der Waals surface area contributed by atoms with Crippen LogP contribution in [-0.2, 0) is 9.53 Å². The van der Waals surface area contributed by atoms with Crippen LogP contribution >= 0.6 is 0 Å². The highest BCUT2D eigenvalue weighted by Crippen LogP contribution is 2.35. The number of hydrogen-bond acceptors (Lipinski definition) is 3. The summed E-state index contributed by atoms with van der Waals surface area (Å²) in [4.78, 5) is 11.7. The summed E-state index contributed by atoms with van der Waals surface area (Å²) in [7, 11) is 0. The smallest absolute Gasteiger partial charge is 0.306 e. The maximum atomic E-state index is 11.7. The van der Waals surface area contributed by atoms with Gasteiger partial charge in [-0.3, -0.25) is 4.79 Å². The van der Waals surface area contributed by atoms with E-state index in [4.69, 9.17) is 4.74 Å². The van der Waals surface area contributed by atoms with Gasteiger partial charge in [-0.2, -0.15) is 0 Å². The Morgan fingerprint density at radius 3 is 2.56 bits per heavy atom. The van der Waals surface area contributed by atoms with Crippen molar-refractivity contribution in [2.24, 2.45) is 5.92 Å². The van der Waals surface area contributed by atoms with Gasteiger partial charge in [0, 0.05) is 0 Å². The van der Waals surface area contributed by atoms with Crippen LogP contribution in [0.4, 0.5) is 0 Å². The second-order valence-electron chi connectivity index (χ2n) is 6.09. The van der Waals surface area contributed by atoms with Crippen LogP contribution in [0, 0.1) is 5.92 Å². The fourth-order valence-electron chi connectivity index (χ4n) is 2.30. The average Bonchev–Trinajstić information content (AvgIpc) is 2.05. The van der Waals surface area contributed by atoms with Gasteiger partial charge in [-0.05, 0) is 46.5 Å². The van der Waals surface area contributed by atoms with Gasteiger partial charge >= 0.3 is 5.97 Å². The summed E-state index contributed by atoms with van der Waals surface area (Å²) >= 11 is 0. The van der Waals surface area contributed by atoms with E-state index < -0.39 is 11.2 Å². The van der Waals surface area contributed by atoms with E-state index in [1.807, 2.05) is 27.7 Å². The van der Waals surface area contributed by atoms with Crippen molar-refractivity contribution < 1.29 is 14.6 Å². The highest BCUT2D eigenvalue weighted by molar-refractivity contribution is 5.70. The Bertz CT molecular complexity index is 250. The van der Waals surface area contributed by atoms with E-state index >= 15 is 0 Å². The molecule has 0 aromatic heterocycles. The van der Waals surface area contributed by atoms with Crippen LogP contribution in [0.15, 0.2) is 0 Å². The second kappa shape index (κ2) is 4.74. The summed E-state index contributed by atoms with van der Waals surface area (Å²) in [6, 6.07) is 0. The largest absolute Gasteiger partial charge is 0.460 e. The number of ether oxygens (including phenoxy) is 1. The Balaban J connectivity index is 2.49. The third kappa shape index (κ3) is 4.12. The molecule has 0 bridgehead atoms. The van der Waals surface area contributed by atoms with Crippen LogP contribution in [-0.4, -0.2) is 22.3 Å². The maximum Gasteiger partial charge on any atom is 0.306 e. The van der Waals surface area contributed by atoms with Crippen LogP contribution in [0.2, 0.25) is 0 Å². The minimum atomic E-state index is -0.699. The summed E-state index contributed by atoms with van der Waals surface area (Å²) in [5.41, 5.74) is -1.13. The maximum absolute atomic E-state index is 11.7. The zero-order chi connectivity index (χ0) is 12.4. The minimum Gasteiger partial charge on any atom is -0.460 e. The van der Waals surface area contributed by atoms with Gasteiger partial charge in [-0.25, -0.2) is 0 Å². The standard InChI is InChI=1S/C13H24O3/c1-12(2,3)16-11(14)9-10-7-5-6-8-13(10,4)15/h10,15H,5-9H2,1-4H3/t10-,13+/m1/s1. The molecule has 16 heavy (non-hydrogen) atoms. The van der Waals surface area contributed by atoms with Crippen molar-refractivity contribution in [3.05, 3.63) is 0 Å². The van der Waals surface area contributed by atoms with Crippen molar-refractivity contribution in [1.29, 1.82) is 0 Å². The molecular weight excluding hydrogens is 204 g/mol. The molecule has 0 heterocycles. The Morgan fingerprint density at radius 2 is 2.06 bits per heavy atom. The van der Waals surface area contributed by atoms with Crippen molar-refractivity contribution in [3.8, 4) is 0 Å². The SMILES string of the molecule is CC(C)(C)OC(=O)C[C@H]1CCCC[C@]1(C)O. The Labute approximate surface area is 98.2 Å². The van der Waals surface area contributed by atoms with Gasteiger partial charge in [0.1, 0.15) is 5.60 Å². The summed E-state index contributed by atoms with van der Waals surface area (Å²) < 4.78 is 5.28. The minimum absolute atomic E-state index is 0.0519. The molecule has 3 nitrogen and oxygen atoms in total. The lowest BCUT2D eigenvalue weighted by Gasteiger charge is -2.37. The lowest BCUT2D eigenvalue weighted by Crippen LogP contribution is -2.39. The van der Waals surface area contributed by atoms with E-state index in [0.717, 1.165) is 25.7 Å². The molecule has 3 heteroatoms. The normalized spacial score (nSPS) is 31.2. The molecule has 2 atom stereocenters. The monoisotopic (exact) mass is 228 g/mol. The molecule has 0 unspecified atom stereocenters. The quantitative estimate of drug-likeness (QED) is 0.739. The topological polar surface area (TPSA) is 46.5 Å². The van der Waals surface area contributed by atoms with Crippen molar-refractivity contribution in [2.75, 3.05) is 0 Å². The Hall–Kier alpha value is -0.570. The van der Waals surface area contributed by atoms with Crippen molar-refractivity contribution in [1.82, 2.24) is 0 Å². The first-order chi connectivity index (χ1) is 7.21. The molecule has 1 aliphatic carbocycles. The molecule has 1 saturated carbocycles. The molecule has 0 aliphatic heterocycles. The summed E-state index contributed by atoms with van der Waals surface area (Å²) in [5, 5.41) is 10.2. The molecule has 0 aromatic carbocycles. The number of aliphatic hydroxyl groups is 1. The van der Waals surface area contributed by atoms with Crippen molar-refractivity contribution in [2.45, 2.75) is 71.0 Å². The first-order valence-electron chi connectivity index (χ1n) is 6.15. The van der Waals surface area contributed by atoms with Gasteiger partial charge in [0.2, 0.25) is 0 Å². The van der Waals surface area contributed by atoms with E-state index in [1.165, 1.54) is 0 Å². The molecule has 1 rings (SSSR count). The fourth-order valence-corrected chi connectivity index (χ4v) is 2.30. The molecule has 0 aromatic rings. The van der Waals surface area contributed by atoms with Crippen LogP contribution in [0.3, 0.4) is 0 Å². The third-order valence-corrected chi connectivity index (χ3v) is 3.20. The molecule has 1 fully saturated rings. The lowest BCUT2D eigenvalue weighted by atomic mass is 9.75. The molecule has 0 saturated heterocycles. The number of carbonyl (C=O) groups excluding carboxylic acids is 1. The van der Waals surface area contributed by atoms with Crippen molar-refractivity contribution >= 4 is 5.97 Å². The van der Waals surface area contributed by atoms with E-state index in [9.17, 15) is 9.90 Å². The van der Waals surface area contributed by atoms with Gasteiger partial charge in [0.15, 0.2) is 0 Å². The fraction of sp³-hybridized carbons (Fsp3) is 0.923. The van der Waals surface area contributed by atoms with Crippen LogP contribution < -0.4 is 0 Å². The highest BCUT2D eigenvalue weighted by Gasteiger charge is 2.36. The summed E-state index contributed by atoms with van der Waals surface area (Å²) in [6.45, 7) is 7.43. The van der Waals surface area contributed by atoms with Crippen LogP contribution in [0.25, 0.3) is 0 Å². The van der Waals surface area contributed by atoms with Gasteiger partial charge in [-0.15, -0.1) is 0 Å². The zero-order valence-corrected chi connectivity index (χ0v) is 10.9. The number of rotatable bonds is 2. The van der Waals surface area contributed by atoms with Crippen LogP contribution in [0.5, 0.6) is 0 Å². The van der Waals surface area contributed by atoms with E-state index in [0.29, 0.717) is 6.42 Å². The lowest BCUT2D eigenvalue weighted by molar-refractivity contribution is -0.159. The second-order valence-corrected chi connectivity index (χ2v) is 6.09. The predicted molar refractivity (Wildman–Crippen MR) is 63.0 cm³/mol. The van der Waals surface area contributed by atoms with Gasteiger partial charge in [0.05, 0.1) is 12.0 Å². The molecule has 1 aliphatic rings. The molecule has 0 radical (unpaired) electrons. The molecule has 0 amide bonds. The van der Waals surface area contributed by atoms with Crippen molar-refractivity contribution in [3.63, 3.8) is 0 Å². The number of carbonyl (C=O) groups is 1. The highest BCUT2D eigenvalue weighted by atomic mass is 16.6.